The van der Waals surface area contributed by atoms with Crippen LogP contribution < -0.4 is 67.1 Å². The second-order valence-corrected chi connectivity index (χ2v) is 10.9. The van der Waals surface area contributed by atoms with Crippen LogP contribution in [0.1, 0.15) is 59.3 Å². The van der Waals surface area contributed by atoms with Crippen molar-refractivity contribution in [1.82, 2.24) is 21.3 Å². The van der Waals surface area contributed by atoms with E-state index in [9.17, 15) is 24.0 Å². The minimum atomic E-state index is -1.13. The Morgan fingerprint density at radius 3 is 1.41 bits per heavy atom. The minimum absolute atomic E-state index is 0.0834. The average Bonchev–Trinajstić information content (AvgIpc) is 2.95. The van der Waals surface area contributed by atoms with Gasteiger partial charge in [-0.25, -0.2) is 0 Å². The maximum atomic E-state index is 13.2. The van der Waals surface area contributed by atoms with E-state index in [1.807, 2.05) is 0 Å². The molecule has 46 heavy (non-hydrogen) atoms. The number of guanidine groups is 3. The van der Waals surface area contributed by atoms with Gasteiger partial charge >= 0.3 is 0 Å². The van der Waals surface area contributed by atoms with Crippen molar-refractivity contribution in [2.75, 3.05) is 19.6 Å². The van der Waals surface area contributed by atoms with Gasteiger partial charge in [0.25, 0.3) is 0 Å². The Morgan fingerprint density at radius 1 is 0.543 bits per heavy atom. The predicted octanol–water partition coefficient (Wildman–Crippen LogP) is -5.43. The molecular weight excluding hydrogens is 602 g/mol. The molecule has 20 heteroatoms. The molecule has 262 valence electrons. The molecule has 0 spiro atoms. The van der Waals surface area contributed by atoms with Crippen molar-refractivity contribution in [2.24, 2.45) is 66.8 Å². The van der Waals surface area contributed by atoms with Gasteiger partial charge in [0.15, 0.2) is 17.9 Å². The fourth-order valence-corrected chi connectivity index (χ4v) is 3.94. The molecule has 0 aliphatic rings. The zero-order valence-electron chi connectivity index (χ0n) is 26.8. The van der Waals surface area contributed by atoms with Crippen LogP contribution in [0.15, 0.2) is 15.0 Å². The fraction of sp³-hybridized carbons (Fsp3) is 0.692. The average molecular weight is 656 g/mol. The summed E-state index contributed by atoms with van der Waals surface area (Å²) in [6.07, 6.45) is 1.64. The Kier molecular flexibility index (Phi) is 19.5. The lowest BCUT2D eigenvalue weighted by Gasteiger charge is -2.27. The molecule has 0 rings (SSSR count). The second-order valence-electron chi connectivity index (χ2n) is 10.9. The van der Waals surface area contributed by atoms with E-state index in [1.165, 1.54) is 6.92 Å². The van der Waals surface area contributed by atoms with E-state index >= 15 is 0 Å². The van der Waals surface area contributed by atoms with Crippen LogP contribution >= 0.6 is 0 Å². The molecule has 20 nitrogen and oxygen atoms in total. The number of hydrogen-bond donors (Lipinski definition) is 12. The number of carbonyl (C=O) groups excluding carboxylic acids is 5. The van der Waals surface area contributed by atoms with Gasteiger partial charge in [0.05, 0.1) is 6.04 Å². The number of hydrogen-bond acceptors (Lipinski definition) is 9. The summed E-state index contributed by atoms with van der Waals surface area (Å²) >= 11 is 0. The molecule has 0 aromatic heterocycles. The smallest absolute Gasteiger partial charge is 0.243 e. The number of nitrogens with one attached hydrogen (secondary N) is 4. The molecule has 0 radical (unpaired) electrons. The van der Waals surface area contributed by atoms with E-state index in [-0.39, 0.29) is 56.8 Å². The van der Waals surface area contributed by atoms with Gasteiger partial charge in [0, 0.05) is 19.6 Å². The molecule has 0 fully saturated rings. The van der Waals surface area contributed by atoms with Crippen molar-refractivity contribution < 1.29 is 24.0 Å². The van der Waals surface area contributed by atoms with Crippen molar-refractivity contribution in [1.29, 1.82) is 0 Å². The summed E-state index contributed by atoms with van der Waals surface area (Å²) in [4.78, 5) is 75.5. The summed E-state index contributed by atoms with van der Waals surface area (Å²) in [6, 6.07) is -5.26. The van der Waals surface area contributed by atoms with Crippen LogP contribution in [0, 0.1) is 5.92 Å². The SMILES string of the molecule is CC(C)[C@H](NC(=O)[C@H](C)NC(=O)[C@H](CCCN=C(N)N)NC(=O)[C@@H](N)CCCN=C(N)N)C(=O)N[C@@H](CCCN=C(N)N)C(N)=O. The van der Waals surface area contributed by atoms with Crippen LogP contribution in [0.2, 0.25) is 0 Å². The quantitative estimate of drug-likeness (QED) is 0.0295. The van der Waals surface area contributed by atoms with Crippen LogP contribution in [0.3, 0.4) is 0 Å². The molecule has 0 aliphatic carbocycles. The standard InChI is InChI=1S/C26H53N15O5/c1-13(2)18(23(46)39-16(19(28)42)8-5-11-36-25(31)32)41-20(43)14(3)38-22(45)17(9-6-12-37-26(33)34)40-21(44)15(27)7-4-10-35-24(29)30/h13-18H,4-12,27H2,1-3H3,(H2,28,42)(H,38,45)(H,39,46)(H,40,44)(H,41,43)(H4,29,30,35)(H4,31,32,36)(H4,33,34,37)/t14-,15-,16-,17-,18-/m0/s1. The third kappa shape index (κ3) is 18.0. The summed E-state index contributed by atoms with van der Waals surface area (Å²) in [5.74, 6) is -4.10. The lowest BCUT2D eigenvalue weighted by molar-refractivity contribution is -0.135. The molecule has 0 saturated heterocycles. The molecule has 0 unspecified atom stereocenters. The lowest BCUT2D eigenvalue weighted by atomic mass is 10.0. The van der Waals surface area contributed by atoms with Crippen molar-refractivity contribution in [3.8, 4) is 0 Å². The van der Waals surface area contributed by atoms with Crippen molar-refractivity contribution in [3.63, 3.8) is 0 Å². The van der Waals surface area contributed by atoms with Gasteiger partial charge in [-0.15, -0.1) is 0 Å². The van der Waals surface area contributed by atoms with Gasteiger partial charge in [0.2, 0.25) is 29.5 Å². The molecular formula is C26H53N15O5. The number of nitrogens with zero attached hydrogens (tertiary/aromatic N) is 3. The first-order valence-electron chi connectivity index (χ1n) is 14.9. The zero-order chi connectivity index (χ0) is 35.4. The summed E-state index contributed by atoms with van der Waals surface area (Å²) in [6.45, 7) is 5.48. The Morgan fingerprint density at radius 2 is 0.978 bits per heavy atom. The second kappa shape index (κ2) is 21.8. The topological polar surface area (TPSA) is 379 Å². The first kappa shape index (κ1) is 41.1. The maximum Gasteiger partial charge on any atom is 0.243 e. The number of primary amides is 1. The number of rotatable bonds is 22. The highest BCUT2D eigenvalue weighted by Gasteiger charge is 2.31. The zero-order valence-corrected chi connectivity index (χ0v) is 26.8. The van der Waals surface area contributed by atoms with Crippen LogP contribution in [0.4, 0.5) is 0 Å². The third-order valence-corrected chi connectivity index (χ3v) is 6.49. The number of amides is 5. The third-order valence-electron chi connectivity index (χ3n) is 6.49. The largest absolute Gasteiger partial charge is 0.370 e. The van der Waals surface area contributed by atoms with E-state index in [2.05, 4.69) is 36.2 Å². The van der Waals surface area contributed by atoms with Gasteiger partial charge in [-0.3, -0.25) is 38.9 Å². The van der Waals surface area contributed by atoms with E-state index in [0.29, 0.717) is 19.3 Å². The molecule has 0 saturated carbocycles. The Bertz CT molecular complexity index is 1100. The van der Waals surface area contributed by atoms with Gasteiger partial charge in [-0.1, -0.05) is 13.8 Å². The lowest BCUT2D eigenvalue weighted by Crippen LogP contribution is -2.59. The van der Waals surface area contributed by atoms with Gasteiger partial charge < -0.3 is 67.1 Å². The Hall–Kier alpha value is -4.88. The van der Waals surface area contributed by atoms with Crippen LogP contribution in [-0.2, 0) is 24.0 Å². The number of nitrogens with two attached hydrogens (primary N) is 8. The summed E-state index contributed by atoms with van der Waals surface area (Å²) < 4.78 is 0. The summed E-state index contributed by atoms with van der Waals surface area (Å²) in [5, 5.41) is 10.3. The molecule has 0 aromatic carbocycles. The first-order valence-corrected chi connectivity index (χ1v) is 14.9. The molecule has 0 bridgehead atoms. The van der Waals surface area contributed by atoms with E-state index in [0.717, 1.165) is 0 Å². The van der Waals surface area contributed by atoms with Crippen LogP contribution in [-0.4, -0.2) is 97.3 Å². The minimum Gasteiger partial charge on any atom is -0.370 e. The monoisotopic (exact) mass is 655 g/mol. The van der Waals surface area contributed by atoms with E-state index in [4.69, 9.17) is 45.9 Å². The van der Waals surface area contributed by atoms with Crippen LogP contribution in [0.5, 0.6) is 0 Å². The van der Waals surface area contributed by atoms with Gasteiger partial charge in [-0.05, 0) is 51.4 Å². The highest BCUT2D eigenvalue weighted by Crippen LogP contribution is 2.07. The molecule has 0 aromatic rings. The highest BCUT2D eigenvalue weighted by molar-refractivity contribution is 5.95. The van der Waals surface area contributed by atoms with Crippen LogP contribution in [0.25, 0.3) is 0 Å². The first-order chi connectivity index (χ1) is 21.5. The van der Waals surface area contributed by atoms with E-state index < -0.39 is 65.7 Å². The fourth-order valence-electron chi connectivity index (χ4n) is 3.94. The van der Waals surface area contributed by atoms with Gasteiger partial charge in [0.1, 0.15) is 24.2 Å². The normalized spacial score (nSPS) is 13.9. The van der Waals surface area contributed by atoms with Gasteiger partial charge in [-0.2, -0.15) is 0 Å². The predicted molar refractivity (Wildman–Crippen MR) is 175 cm³/mol. The van der Waals surface area contributed by atoms with Crippen molar-refractivity contribution in [2.45, 2.75) is 89.5 Å². The number of carbonyl (C=O) groups is 5. The Labute approximate surface area is 268 Å². The molecule has 0 aliphatic heterocycles. The number of aliphatic imine (C=N–C) groups is 3. The van der Waals surface area contributed by atoms with E-state index in [1.54, 1.807) is 13.8 Å². The van der Waals surface area contributed by atoms with Crippen molar-refractivity contribution >= 4 is 47.4 Å². The maximum absolute atomic E-state index is 13.2. The summed E-state index contributed by atoms with van der Waals surface area (Å²) in [7, 11) is 0. The molecule has 5 amide bonds. The van der Waals surface area contributed by atoms with Crippen molar-refractivity contribution in [3.05, 3.63) is 0 Å². The molecule has 20 N–H and O–H groups in total. The molecule has 5 atom stereocenters. The molecule has 0 heterocycles. The Balaban J connectivity index is 5.46. The highest BCUT2D eigenvalue weighted by atomic mass is 16.2. The summed E-state index contributed by atoms with van der Waals surface area (Å²) in [5.41, 5.74) is 43.3.